The molecule has 1 N–H and O–H groups in total. The molecule has 1 heterocycles. The molecule has 1 saturated heterocycles. The van der Waals surface area contributed by atoms with Gasteiger partial charge in [-0.25, -0.2) is 0 Å². The maximum Gasteiger partial charge on any atom is 0.251 e. The van der Waals surface area contributed by atoms with Gasteiger partial charge in [0.2, 0.25) is 5.91 Å². The zero-order chi connectivity index (χ0) is 17.1. The van der Waals surface area contributed by atoms with E-state index in [2.05, 4.69) is 21.2 Å². The summed E-state index contributed by atoms with van der Waals surface area (Å²) in [6, 6.07) is 15.0. The van der Waals surface area contributed by atoms with Gasteiger partial charge in [-0.1, -0.05) is 28.1 Å². The number of nitrogens with one attached hydrogen (secondary N) is 1. The normalized spacial score (nSPS) is 15.4. The van der Waals surface area contributed by atoms with Crippen LogP contribution < -0.4 is 10.2 Å². The molecule has 1 aliphatic heterocycles. The van der Waals surface area contributed by atoms with E-state index in [0.29, 0.717) is 12.0 Å². The lowest BCUT2D eigenvalue weighted by atomic mass is 10.1. The Labute approximate surface area is 150 Å². The number of anilines is 1. The molecule has 24 heavy (non-hydrogen) atoms. The summed E-state index contributed by atoms with van der Waals surface area (Å²) >= 11 is 3.41. The first-order valence-electron chi connectivity index (χ1n) is 8.01. The summed E-state index contributed by atoms with van der Waals surface area (Å²) in [4.78, 5) is 25.9. The number of hydrogen-bond donors (Lipinski definition) is 1. The smallest absolute Gasteiger partial charge is 0.251 e. The summed E-state index contributed by atoms with van der Waals surface area (Å²) in [5.41, 5.74) is 2.50. The van der Waals surface area contributed by atoms with Crippen molar-refractivity contribution in [1.29, 1.82) is 0 Å². The van der Waals surface area contributed by atoms with E-state index in [1.165, 1.54) is 0 Å². The monoisotopic (exact) mass is 386 g/mol. The molecular formula is C19H19BrN2O2. The van der Waals surface area contributed by atoms with Gasteiger partial charge in [-0.3, -0.25) is 9.59 Å². The molecule has 124 valence electrons. The highest BCUT2D eigenvalue weighted by Gasteiger charge is 2.21. The average molecular weight is 387 g/mol. The van der Waals surface area contributed by atoms with E-state index >= 15 is 0 Å². The van der Waals surface area contributed by atoms with Crippen molar-refractivity contribution < 1.29 is 9.59 Å². The minimum Gasteiger partial charge on any atom is -0.346 e. The molecule has 1 aliphatic rings. The highest BCUT2D eigenvalue weighted by Crippen LogP contribution is 2.22. The Kier molecular flexibility index (Phi) is 5.00. The van der Waals surface area contributed by atoms with E-state index in [-0.39, 0.29) is 17.9 Å². The van der Waals surface area contributed by atoms with Crippen molar-refractivity contribution in [3.63, 3.8) is 0 Å². The molecule has 5 heteroatoms. The van der Waals surface area contributed by atoms with Crippen molar-refractivity contribution in [3.05, 3.63) is 64.1 Å². The second-order valence-corrected chi connectivity index (χ2v) is 6.86. The van der Waals surface area contributed by atoms with Gasteiger partial charge in [0.05, 0.1) is 6.04 Å². The Balaban J connectivity index is 1.66. The summed E-state index contributed by atoms with van der Waals surface area (Å²) in [5, 5.41) is 2.99. The van der Waals surface area contributed by atoms with Gasteiger partial charge in [0.1, 0.15) is 0 Å². The van der Waals surface area contributed by atoms with Crippen LogP contribution >= 0.6 is 15.9 Å². The SMILES string of the molecule is C[C@H](NC(=O)c1ccc(N2CCCC2=O)cc1)c1ccc(Br)cc1. The number of halogens is 1. The molecule has 0 radical (unpaired) electrons. The summed E-state index contributed by atoms with van der Waals surface area (Å²) in [7, 11) is 0. The third-order valence-electron chi connectivity index (χ3n) is 4.23. The molecule has 1 fully saturated rings. The molecule has 0 unspecified atom stereocenters. The van der Waals surface area contributed by atoms with E-state index in [9.17, 15) is 9.59 Å². The number of carbonyl (C=O) groups is 2. The lowest BCUT2D eigenvalue weighted by Crippen LogP contribution is -2.27. The van der Waals surface area contributed by atoms with E-state index in [0.717, 1.165) is 28.7 Å². The summed E-state index contributed by atoms with van der Waals surface area (Å²) < 4.78 is 1.01. The van der Waals surface area contributed by atoms with Crippen LogP contribution in [-0.2, 0) is 4.79 Å². The zero-order valence-electron chi connectivity index (χ0n) is 13.5. The lowest BCUT2D eigenvalue weighted by Gasteiger charge is -2.17. The fourth-order valence-corrected chi connectivity index (χ4v) is 3.09. The average Bonchev–Trinajstić information content (AvgIpc) is 3.01. The largest absolute Gasteiger partial charge is 0.346 e. The number of amides is 2. The van der Waals surface area contributed by atoms with Gasteiger partial charge < -0.3 is 10.2 Å². The fraction of sp³-hybridized carbons (Fsp3) is 0.263. The van der Waals surface area contributed by atoms with Crippen LogP contribution in [0.15, 0.2) is 53.0 Å². The first-order chi connectivity index (χ1) is 11.5. The van der Waals surface area contributed by atoms with Gasteiger partial charge in [0.15, 0.2) is 0 Å². The second kappa shape index (κ2) is 7.18. The molecule has 0 saturated carbocycles. The molecular weight excluding hydrogens is 368 g/mol. The Morgan fingerprint density at radius 2 is 1.79 bits per heavy atom. The number of benzene rings is 2. The van der Waals surface area contributed by atoms with E-state index in [1.807, 2.05) is 43.3 Å². The van der Waals surface area contributed by atoms with Gasteiger partial charge in [0, 0.05) is 28.7 Å². The highest BCUT2D eigenvalue weighted by molar-refractivity contribution is 9.10. The molecule has 3 rings (SSSR count). The Bertz CT molecular complexity index is 741. The Hall–Kier alpha value is -2.14. The lowest BCUT2D eigenvalue weighted by molar-refractivity contribution is -0.117. The van der Waals surface area contributed by atoms with Gasteiger partial charge in [0.25, 0.3) is 5.91 Å². The molecule has 2 aromatic rings. The van der Waals surface area contributed by atoms with Gasteiger partial charge in [-0.2, -0.15) is 0 Å². The number of rotatable bonds is 4. The van der Waals surface area contributed by atoms with Crippen molar-refractivity contribution in [2.75, 3.05) is 11.4 Å². The topological polar surface area (TPSA) is 49.4 Å². The second-order valence-electron chi connectivity index (χ2n) is 5.94. The van der Waals surface area contributed by atoms with Crippen LogP contribution in [-0.4, -0.2) is 18.4 Å². The number of carbonyl (C=O) groups excluding carboxylic acids is 2. The molecule has 1 atom stereocenters. The van der Waals surface area contributed by atoms with E-state index in [4.69, 9.17) is 0 Å². The van der Waals surface area contributed by atoms with Crippen LogP contribution in [0, 0.1) is 0 Å². The Morgan fingerprint density at radius 3 is 2.38 bits per heavy atom. The highest BCUT2D eigenvalue weighted by atomic mass is 79.9. The van der Waals surface area contributed by atoms with Crippen LogP contribution in [0.3, 0.4) is 0 Å². The standard InChI is InChI=1S/C19H19BrN2O2/c1-13(14-4-8-16(20)9-5-14)21-19(24)15-6-10-17(11-7-15)22-12-2-3-18(22)23/h4-11,13H,2-3,12H2,1H3,(H,21,24)/t13-/m0/s1. The third-order valence-corrected chi connectivity index (χ3v) is 4.76. The molecule has 0 aliphatic carbocycles. The maximum absolute atomic E-state index is 12.4. The summed E-state index contributed by atoms with van der Waals surface area (Å²) in [6.07, 6.45) is 1.50. The number of hydrogen-bond acceptors (Lipinski definition) is 2. The quantitative estimate of drug-likeness (QED) is 0.860. The molecule has 4 nitrogen and oxygen atoms in total. The molecule has 2 amide bonds. The van der Waals surface area contributed by atoms with Crippen LogP contribution in [0.25, 0.3) is 0 Å². The van der Waals surface area contributed by atoms with Crippen LogP contribution in [0.2, 0.25) is 0 Å². The van der Waals surface area contributed by atoms with Crippen LogP contribution in [0.1, 0.15) is 41.7 Å². The zero-order valence-corrected chi connectivity index (χ0v) is 15.0. The molecule has 0 spiro atoms. The van der Waals surface area contributed by atoms with E-state index in [1.54, 1.807) is 17.0 Å². The van der Waals surface area contributed by atoms with Crippen molar-refractivity contribution >= 4 is 33.4 Å². The van der Waals surface area contributed by atoms with Crippen molar-refractivity contribution in [2.45, 2.75) is 25.8 Å². The maximum atomic E-state index is 12.4. The first-order valence-corrected chi connectivity index (χ1v) is 8.80. The van der Waals surface area contributed by atoms with Crippen molar-refractivity contribution in [2.24, 2.45) is 0 Å². The number of nitrogens with zero attached hydrogens (tertiary/aromatic N) is 1. The predicted octanol–water partition coefficient (Wildman–Crippen LogP) is 4.07. The first kappa shape index (κ1) is 16.7. The minimum atomic E-state index is -0.121. The van der Waals surface area contributed by atoms with Gasteiger partial charge in [-0.05, 0) is 55.3 Å². The molecule has 2 aromatic carbocycles. The Morgan fingerprint density at radius 1 is 1.12 bits per heavy atom. The summed E-state index contributed by atoms with van der Waals surface area (Å²) in [6.45, 7) is 2.71. The van der Waals surface area contributed by atoms with Crippen LogP contribution in [0.4, 0.5) is 5.69 Å². The predicted molar refractivity (Wildman–Crippen MR) is 98.1 cm³/mol. The van der Waals surface area contributed by atoms with Crippen molar-refractivity contribution in [3.8, 4) is 0 Å². The summed E-state index contributed by atoms with van der Waals surface area (Å²) in [5.74, 6) is 0.0285. The van der Waals surface area contributed by atoms with Gasteiger partial charge >= 0.3 is 0 Å². The fourth-order valence-electron chi connectivity index (χ4n) is 2.83. The van der Waals surface area contributed by atoms with E-state index < -0.39 is 0 Å². The third kappa shape index (κ3) is 3.67. The van der Waals surface area contributed by atoms with Gasteiger partial charge in [-0.15, -0.1) is 0 Å². The molecule has 0 bridgehead atoms. The molecule has 0 aromatic heterocycles. The van der Waals surface area contributed by atoms with Crippen molar-refractivity contribution in [1.82, 2.24) is 5.32 Å². The minimum absolute atomic E-state index is 0.0783. The van der Waals surface area contributed by atoms with Crippen LogP contribution in [0.5, 0.6) is 0 Å².